The first-order chi connectivity index (χ1) is 7.62. The first-order valence-corrected chi connectivity index (χ1v) is 5.59. The van der Waals surface area contributed by atoms with Gasteiger partial charge in [-0.3, -0.25) is 10.1 Å². The quantitative estimate of drug-likeness (QED) is 0.596. The molecule has 4 heteroatoms. The standard InChI is InChI=1S/C12H12ClNO2/c13-11-4-2-10(3-5-11)12(6-1-7-12)8-9-14(15)16/h2-5,8-9H,1,6-7H2. The number of nitrogens with zero attached hydrogens (tertiary/aromatic N) is 1. The van der Waals surface area contributed by atoms with E-state index in [9.17, 15) is 10.1 Å². The van der Waals surface area contributed by atoms with Crippen molar-refractivity contribution in [3.8, 4) is 0 Å². The maximum Gasteiger partial charge on any atom is 0.231 e. The molecule has 0 saturated heterocycles. The monoisotopic (exact) mass is 237 g/mol. The Bertz CT molecular complexity index is 421. The van der Waals surface area contributed by atoms with Crippen molar-refractivity contribution in [2.24, 2.45) is 0 Å². The maximum atomic E-state index is 10.4. The lowest BCUT2D eigenvalue weighted by molar-refractivity contribution is -0.403. The number of allylic oxidation sites excluding steroid dienone is 1. The largest absolute Gasteiger partial charge is 0.259 e. The van der Waals surface area contributed by atoms with Crippen molar-refractivity contribution in [1.82, 2.24) is 0 Å². The molecule has 16 heavy (non-hydrogen) atoms. The fraction of sp³-hybridized carbons (Fsp3) is 0.333. The van der Waals surface area contributed by atoms with Gasteiger partial charge in [0.05, 0.1) is 4.92 Å². The van der Waals surface area contributed by atoms with Crippen LogP contribution in [-0.4, -0.2) is 4.92 Å². The Balaban J connectivity index is 2.27. The molecule has 2 rings (SSSR count). The fourth-order valence-corrected chi connectivity index (χ4v) is 2.22. The first-order valence-electron chi connectivity index (χ1n) is 5.21. The van der Waals surface area contributed by atoms with Crippen molar-refractivity contribution in [3.63, 3.8) is 0 Å². The zero-order chi connectivity index (χ0) is 11.6. The van der Waals surface area contributed by atoms with Crippen LogP contribution in [0, 0.1) is 10.1 Å². The highest BCUT2D eigenvalue weighted by atomic mass is 35.5. The molecule has 1 aliphatic carbocycles. The van der Waals surface area contributed by atoms with E-state index < -0.39 is 4.92 Å². The number of nitro groups is 1. The molecule has 84 valence electrons. The molecule has 0 heterocycles. The summed E-state index contributed by atoms with van der Waals surface area (Å²) in [7, 11) is 0. The maximum absolute atomic E-state index is 10.4. The minimum absolute atomic E-state index is 0.141. The van der Waals surface area contributed by atoms with Gasteiger partial charge >= 0.3 is 0 Å². The Labute approximate surface area is 98.9 Å². The fourth-order valence-electron chi connectivity index (χ4n) is 2.09. The van der Waals surface area contributed by atoms with Crippen LogP contribution in [0.15, 0.2) is 36.5 Å². The summed E-state index contributed by atoms with van der Waals surface area (Å²) in [6.45, 7) is 0. The lowest BCUT2D eigenvalue weighted by Gasteiger charge is -2.39. The lowest BCUT2D eigenvalue weighted by Crippen LogP contribution is -2.32. The van der Waals surface area contributed by atoms with Crippen LogP contribution in [0.5, 0.6) is 0 Å². The van der Waals surface area contributed by atoms with Crippen LogP contribution in [0.1, 0.15) is 24.8 Å². The molecule has 0 unspecified atom stereocenters. The van der Waals surface area contributed by atoms with E-state index in [1.54, 1.807) is 6.08 Å². The van der Waals surface area contributed by atoms with Crippen molar-refractivity contribution < 1.29 is 4.92 Å². The van der Waals surface area contributed by atoms with Gasteiger partial charge in [-0.05, 0) is 36.6 Å². The molecule has 1 fully saturated rings. The predicted molar refractivity (Wildman–Crippen MR) is 63.1 cm³/mol. The van der Waals surface area contributed by atoms with Crippen LogP contribution < -0.4 is 0 Å². The molecule has 3 nitrogen and oxygen atoms in total. The van der Waals surface area contributed by atoms with Gasteiger partial charge in [0.1, 0.15) is 0 Å². The summed E-state index contributed by atoms with van der Waals surface area (Å²) in [5.41, 5.74) is 0.971. The van der Waals surface area contributed by atoms with Gasteiger partial charge in [-0.15, -0.1) is 0 Å². The van der Waals surface area contributed by atoms with E-state index in [1.807, 2.05) is 24.3 Å². The Hall–Kier alpha value is -1.35. The Kier molecular flexibility index (Phi) is 2.97. The Morgan fingerprint density at radius 2 is 1.94 bits per heavy atom. The second-order valence-electron chi connectivity index (χ2n) is 4.12. The number of halogens is 1. The minimum atomic E-state index is -0.407. The number of rotatable bonds is 3. The van der Waals surface area contributed by atoms with E-state index in [0.717, 1.165) is 31.0 Å². The summed E-state index contributed by atoms with van der Waals surface area (Å²) in [6.07, 6.45) is 5.82. The first kappa shape index (κ1) is 11.1. The van der Waals surface area contributed by atoms with Crippen LogP contribution in [0.3, 0.4) is 0 Å². The van der Waals surface area contributed by atoms with Crippen LogP contribution >= 0.6 is 11.6 Å². The molecular weight excluding hydrogens is 226 g/mol. The van der Waals surface area contributed by atoms with E-state index in [2.05, 4.69) is 0 Å². The van der Waals surface area contributed by atoms with Crippen molar-refractivity contribution in [2.45, 2.75) is 24.7 Å². The molecule has 0 bridgehead atoms. The summed E-state index contributed by atoms with van der Waals surface area (Å²) < 4.78 is 0. The summed E-state index contributed by atoms with van der Waals surface area (Å²) in [5, 5.41) is 11.1. The number of benzene rings is 1. The van der Waals surface area contributed by atoms with E-state index in [4.69, 9.17) is 11.6 Å². The molecule has 0 spiro atoms. The summed E-state index contributed by atoms with van der Waals surface area (Å²) >= 11 is 5.82. The van der Waals surface area contributed by atoms with Gasteiger partial charge in [0.15, 0.2) is 0 Å². The third-order valence-corrected chi connectivity index (χ3v) is 3.43. The number of hydrogen-bond donors (Lipinski definition) is 0. The lowest BCUT2D eigenvalue weighted by atomic mass is 9.64. The molecule has 1 aliphatic rings. The SMILES string of the molecule is O=[N+]([O-])C=CC1(c2ccc(Cl)cc2)CCC1. The summed E-state index contributed by atoms with van der Waals surface area (Å²) in [4.78, 5) is 9.96. The van der Waals surface area contributed by atoms with E-state index >= 15 is 0 Å². The average molecular weight is 238 g/mol. The van der Waals surface area contributed by atoms with Gasteiger partial charge in [-0.25, -0.2) is 0 Å². The Morgan fingerprint density at radius 3 is 2.38 bits per heavy atom. The highest BCUT2D eigenvalue weighted by molar-refractivity contribution is 6.30. The highest BCUT2D eigenvalue weighted by Crippen LogP contribution is 2.45. The topological polar surface area (TPSA) is 43.1 Å². The molecule has 1 aromatic rings. The summed E-state index contributed by atoms with van der Waals surface area (Å²) in [5.74, 6) is 0. The zero-order valence-corrected chi connectivity index (χ0v) is 9.48. The molecule has 0 N–H and O–H groups in total. The second kappa shape index (κ2) is 4.26. The van der Waals surface area contributed by atoms with Crippen molar-refractivity contribution >= 4 is 11.6 Å². The third kappa shape index (κ3) is 2.09. The number of hydrogen-bond acceptors (Lipinski definition) is 2. The van der Waals surface area contributed by atoms with Crippen LogP contribution in [-0.2, 0) is 5.41 Å². The predicted octanol–water partition coefficient (Wildman–Crippen LogP) is 3.55. The minimum Gasteiger partial charge on any atom is -0.259 e. The van der Waals surface area contributed by atoms with E-state index in [0.29, 0.717) is 5.02 Å². The molecular formula is C12H12ClNO2. The molecule has 0 amide bonds. The van der Waals surface area contributed by atoms with Gasteiger partial charge in [-0.1, -0.05) is 30.2 Å². The highest BCUT2D eigenvalue weighted by Gasteiger charge is 2.37. The van der Waals surface area contributed by atoms with Gasteiger partial charge in [-0.2, -0.15) is 0 Å². The molecule has 0 aromatic heterocycles. The average Bonchev–Trinajstić information content (AvgIpc) is 2.18. The van der Waals surface area contributed by atoms with Crippen molar-refractivity contribution in [2.75, 3.05) is 0 Å². The molecule has 0 radical (unpaired) electrons. The van der Waals surface area contributed by atoms with Gasteiger partial charge < -0.3 is 0 Å². The zero-order valence-electron chi connectivity index (χ0n) is 8.73. The van der Waals surface area contributed by atoms with Crippen molar-refractivity contribution in [1.29, 1.82) is 0 Å². The molecule has 0 aliphatic heterocycles. The third-order valence-electron chi connectivity index (χ3n) is 3.18. The van der Waals surface area contributed by atoms with Crippen LogP contribution in [0.2, 0.25) is 5.02 Å². The van der Waals surface area contributed by atoms with Gasteiger partial charge in [0, 0.05) is 10.4 Å². The van der Waals surface area contributed by atoms with Crippen LogP contribution in [0.4, 0.5) is 0 Å². The van der Waals surface area contributed by atoms with E-state index in [-0.39, 0.29) is 5.41 Å². The van der Waals surface area contributed by atoms with Crippen LogP contribution in [0.25, 0.3) is 0 Å². The van der Waals surface area contributed by atoms with Crippen molar-refractivity contribution in [3.05, 3.63) is 57.2 Å². The van der Waals surface area contributed by atoms with E-state index in [1.165, 1.54) is 0 Å². The normalized spacial score (nSPS) is 18.3. The molecule has 1 saturated carbocycles. The molecule has 1 aromatic carbocycles. The smallest absolute Gasteiger partial charge is 0.231 e. The Morgan fingerprint density at radius 1 is 1.31 bits per heavy atom. The summed E-state index contributed by atoms with van der Waals surface area (Å²) in [6, 6.07) is 7.56. The molecule has 0 atom stereocenters. The van der Waals surface area contributed by atoms with Gasteiger partial charge in [0.25, 0.3) is 0 Å². The van der Waals surface area contributed by atoms with Gasteiger partial charge in [0.2, 0.25) is 6.20 Å². The second-order valence-corrected chi connectivity index (χ2v) is 4.55.